The van der Waals surface area contributed by atoms with Crippen molar-refractivity contribution in [1.82, 2.24) is 0 Å². The van der Waals surface area contributed by atoms with Crippen molar-refractivity contribution in [2.24, 2.45) is 23.5 Å². The van der Waals surface area contributed by atoms with Gasteiger partial charge in [-0.15, -0.1) is 0 Å². The lowest BCUT2D eigenvalue weighted by molar-refractivity contribution is 0.247. The molecule has 2 fully saturated rings. The largest absolute Gasteiger partial charge is 0.327 e. The van der Waals surface area contributed by atoms with Gasteiger partial charge in [0.05, 0.1) is 0 Å². The van der Waals surface area contributed by atoms with Crippen LogP contribution in [0, 0.1) is 17.8 Å². The topological polar surface area (TPSA) is 26.0 Å². The Hall–Kier alpha value is -0.0400. The molecule has 2 aliphatic rings. The molecule has 0 heterocycles. The van der Waals surface area contributed by atoms with Gasteiger partial charge in [-0.05, 0) is 37.0 Å². The third kappa shape index (κ3) is 2.31. The molecule has 0 aromatic heterocycles. The molecule has 14 heavy (non-hydrogen) atoms. The molecule has 2 N–H and O–H groups in total. The molecule has 0 spiro atoms. The molecule has 1 heteroatoms. The molecule has 0 saturated heterocycles. The highest BCUT2D eigenvalue weighted by molar-refractivity contribution is 4.92. The van der Waals surface area contributed by atoms with Crippen LogP contribution in [0.1, 0.15) is 58.3 Å². The predicted octanol–water partition coefficient (Wildman–Crippen LogP) is 3.33. The van der Waals surface area contributed by atoms with Crippen LogP contribution in [-0.4, -0.2) is 6.04 Å². The first-order valence-electron chi connectivity index (χ1n) is 6.58. The van der Waals surface area contributed by atoms with Gasteiger partial charge < -0.3 is 5.73 Å². The van der Waals surface area contributed by atoms with E-state index in [1.54, 1.807) is 0 Å². The summed E-state index contributed by atoms with van der Waals surface area (Å²) in [4.78, 5) is 0. The van der Waals surface area contributed by atoms with Gasteiger partial charge in [-0.2, -0.15) is 0 Å². The van der Waals surface area contributed by atoms with Gasteiger partial charge in [-0.25, -0.2) is 0 Å². The first-order valence-corrected chi connectivity index (χ1v) is 6.58. The molecule has 0 bridgehead atoms. The molecule has 2 saturated carbocycles. The predicted molar refractivity (Wildman–Crippen MR) is 61.1 cm³/mol. The molecule has 2 atom stereocenters. The third-order valence-corrected chi connectivity index (χ3v) is 4.29. The van der Waals surface area contributed by atoms with Crippen LogP contribution in [0.4, 0.5) is 0 Å². The van der Waals surface area contributed by atoms with E-state index in [1.807, 2.05) is 0 Å². The Morgan fingerprint density at radius 3 is 2.21 bits per heavy atom. The molecular formula is C13H25N. The van der Waals surface area contributed by atoms with E-state index in [1.165, 1.54) is 51.4 Å². The summed E-state index contributed by atoms with van der Waals surface area (Å²) in [5.74, 6) is 2.73. The second kappa shape index (κ2) is 4.65. The van der Waals surface area contributed by atoms with Gasteiger partial charge in [0.1, 0.15) is 0 Å². The summed E-state index contributed by atoms with van der Waals surface area (Å²) in [6.45, 7) is 2.31. The Morgan fingerprint density at radius 2 is 1.71 bits per heavy atom. The van der Waals surface area contributed by atoms with Crippen molar-refractivity contribution in [3.05, 3.63) is 0 Å². The normalized spacial score (nSPS) is 27.9. The van der Waals surface area contributed by atoms with E-state index in [0.29, 0.717) is 6.04 Å². The zero-order chi connectivity index (χ0) is 9.97. The highest BCUT2D eigenvalue weighted by Crippen LogP contribution is 2.42. The van der Waals surface area contributed by atoms with Gasteiger partial charge in [0.2, 0.25) is 0 Å². The van der Waals surface area contributed by atoms with Crippen molar-refractivity contribution in [1.29, 1.82) is 0 Å². The summed E-state index contributed by atoms with van der Waals surface area (Å²) in [5.41, 5.74) is 6.39. The monoisotopic (exact) mass is 195 g/mol. The smallest absolute Gasteiger partial charge is 0.00982 e. The minimum Gasteiger partial charge on any atom is -0.327 e. The van der Waals surface area contributed by atoms with E-state index in [4.69, 9.17) is 5.73 Å². The third-order valence-electron chi connectivity index (χ3n) is 4.29. The second-order valence-corrected chi connectivity index (χ2v) is 5.41. The molecule has 1 nitrogen and oxygen atoms in total. The lowest BCUT2D eigenvalue weighted by Gasteiger charge is -2.29. The minimum atomic E-state index is 0.540. The molecule has 82 valence electrons. The van der Waals surface area contributed by atoms with E-state index >= 15 is 0 Å². The second-order valence-electron chi connectivity index (χ2n) is 5.41. The van der Waals surface area contributed by atoms with Crippen LogP contribution in [0.2, 0.25) is 0 Å². The number of rotatable bonds is 5. The molecule has 0 aromatic rings. The fraction of sp³-hybridized carbons (Fsp3) is 1.00. The Morgan fingerprint density at radius 1 is 1.07 bits per heavy atom. The van der Waals surface area contributed by atoms with Crippen LogP contribution >= 0.6 is 0 Å². The quantitative estimate of drug-likeness (QED) is 0.715. The van der Waals surface area contributed by atoms with Crippen molar-refractivity contribution in [2.45, 2.75) is 64.3 Å². The van der Waals surface area contributed by atoms with Crippen molar-refractivity contribution < 1.29 is 0 Å². The molecular weight excluding hydrogens is 170 g/mol. The van der Waals surface area contributed by atoms with Crippen LogP contribution in [-0.2, 0) is 0 Å². The van der Waals surface area contributed by atoms with Crippen LogP contribution < -0.4 is 5.73 Å². The van der Waals surface area contributed by atoms with Gasteiger partial charge in [0.25, 0.3) is 0 Å². The Bertz CT molecular complexity index is 166. The zero-order valence-electron chi connectivity index (χ0n) is 9.54. The van der Waals surface area contributed by atoms with Gasteiger partial charge in [0.15, 0.2) is 0 Å². The SMILES string of the molecule is CCCC(C1CCCC1)C(N)C1CC1. The van der Waals surface area contributed by atoms with Crippen LogP contribution in [0.15, 0.2) is 0 Å². The first kappa shape index (κ1) is 10.5. The molecule has 2 rings (SSSR count). The average Bonchev–Trinajstić information content (AvgIpc) is 2.91. The zero-order valence-corrected chi connectivity index (χ0v) is 9.54. The van der Waals surface area contributed by atoms with Gasteiger partial charge in [-0.1, -0.05) is 39.0 Å². The molecule has 2 unspecified atom stereocenters. The lowest BCUT2D eigenvalue weighted by atomic mass is 9.80. The number of hydrogen-bond acceptors (Lipinski definition) is 1. The van der Waals surface area contributed by atoms with E-state index < -0.39 is 0 Å². The van der Waals surface area contributed by atoms with Crippen molar-refractivity contribution in [3.63, 3.8) is 0 Å². The van der Waals surface area contributed by atoms with Gasteiger partial charge >= 0.3 is 0 Å². The van der Waals surface area contributed by atoms with Crippen LogP contribution in [0.25, 0.3) is 0 Å². The molecule has 0 aromatic carbocycles. The maximum Gasteiger partial charge on any atom is 0.00982 e. The summed E-state index contributed by atoms with van der Waals surface area (Å²) in [5, 5.41) is 0. The highest BCUT2D eigenvalue weighted by atomic mass is 14.7. The fourth-order valence-electron chi connectivity index (χ4n) is 3.29. The fourth-order valence-corrected chi connectivity index (χ4v) is 3.29. The summed E-state index contributed by atoms with van der Waals surface area (Å²) >= 11 is 0. The molecule has 0 radical (unpaired) electrons. The average molecular weight is 195 g/mol. The van der Waals surface area contributed by atoms with E-state index in [9.17, 15) is 0 Å². The van der Waals surface area contributed by atoms with Crippen molar-refractivity contribution in [3.8, 4) is 0 Å². The number of nitrogens with two attached hydrogens (primary N) is 1. The molecule has 0 aliphatic heterocycles. The summed E-state index contributed by atoms with van der Waals surface area (Å²) < 4.78 is 0. The van der Waals surface area contributed by atoms with E-state index in [-0.39, 0.29) is 0 Å². The summed E-state index contributed by atoms with van der Waals surface area (Å²) in [6, 6.07) is 0.540. The number of hydrogen-bond donors (Lipinski definition) is 1. The summed E-state index contributed by atoms with van der Waals surface area (Å²) in [6.07, 6.45) is 11.4. The Balaban J connectivity index is 1.90. The van der Waals surface area contributed by atoms with Gasteiger partial charge in [0, 0.05) is 6.04 Å². The minimum absolute atomic E-state index is 0.540. The summed E-state index contributed by atoms with van der Waals surface area (Å²) in [7, 11) is 0. The van der Waals surface area contributed by atoms with Gasteiger partial charge in [-0.3, -0.25) is 0 Å². The van der Waals surface area contributed by atoms with Crippen LogP contribution in [0.5, 0.6) is 0 Å². The Kier molecular flexibility index (Phi) is 3.48. The first-order chi connectivity index (χ1) is 6.83. The highest BCUT2D eigenvalue weighted by Gasteiger charge is 2.37. The Labute approximate surface area is 88.4 Å². The molecule has 0 amide bonds. The van der Waals surface area contributed by atoms with E-state index in [2.05, 4.69) is 6.92 Å². The van der Waals surface area contributed by atoms with E-state index in [0.717, 1.165) is 17.8 Å². The molecule has 2 aliphatic carbocycles. The van der Waals surface area contributed by atoms with Crippen LogP contribution in [0.3, 0.4) is 0 Å². The maximum absolute atomic E-state index is 6.39. The standard InChI is InChI=1S/C13H25N/c1-2-5-12(10-6-3-4-7-10)13(14)11-8-9-11/h10-13H,2-9,14H2,1H3. The lowest BCUT2D eigenvalue weighted by Crippen LogP contribution is -2.36. The maximum atomic E-state index is 6.39. The van der Waals surface area contributed by atoms with Crippen molar-refractivity contribution in [2.75, 3.05) is 0 Å². The van der Waals surface area contributed by atoms with Crippen molar-refractivity contribution >= 4 is 0 Å².